The number of Topliss-reactive ketones (excluding diaryl/α,β-unsaturated/α-hetero) is 1. The van der Waals surface area contributed by atoms with Crippen molar-refractivity contribution >= 4 is 16.8 Å². The minimum absolute atomic E-state index is 0.0772. The second-order valence-electron chi connectivity index (χ2n) is 8.36. The molecule has 7 heteroatoms. The van der Waals surface area contributed by atoms with Gasteiger partial charge in [0.05, 0.1) is 12.8 Å². The molecule has 2 aromatic carbocycles. The van der Waals surface area contributed by atoms with Crippen molar-refractivity contribution in [2.24, 2.45) is 0 Å². The van der Waals surface area contributed by atoms with Crippen molar-refractivity contribution in [3.63, 3.8) is 0 Å². The molecule has 0 saturated carbocycles. The quantitative estimate of drug-likeness (QED) is 0.486. The number of hydrogen-bond acceptors (Lipinski definition) is 6. The van der Waals surface area contributed by atoms with Crippen LogP contribution in [0.4, 0.5) is 4.39 Å². The highest BCUT2D eigenvalue weighted by Gasteiger charge is 2.29. The normalized spacial score (nSPS) is 16.2. The fourth-order valence-corrected chi connectivity index (χ4v) is 4.46. The van der Waals surface area contributed by atoms with E-state index in [0.717, 1.165) is 49.0 Å². The highest BCUT2D eigenvalue weighted by molar-refractivity contribution is 5.80. The number of likely N-dealkylation sites (tertiary alicyclic amines) is 1. The second-order valence-corrected chi connectivity index (χ2v) is 8.36. The van der Waals surface area contributed by atoms with Crippen LogP contribution < -0.4 is 9.47 Å². The van der Waals surface area contributed by atoms with Gasteiger partial charge in [-0.15, -0.1) is 0 Å². The highest BCUT2D eigenvalue weighted by atomic mass is 19.1. The van der Waals surface area contributed by atoms with Gasteiger partial charge in [0.2, 0.25) is 0 Å². The number of fused-ring (bicyclic) bond motifs is 1. The Labute approximate surface area is 187 Å². The molecule has 0 N–H and O–H groups in total. The largest absolute Gasteiger partial charge is 0.493 e. The van der Waals surface area contributed by atoms with Crippen molar-refractivity contribution < 1.29 is 23.2 Å². The number of nitrogens with zero attached hydrogens (tertiary/aromatic N) is 2. The number of halogens is 1. The molecular weight excluding hydrogens is 411 g/mol. The van der Waals surface area contributed by atoms with Gasteiger partial charge in [0.15, 0.2) is 23.3 Å². The molecule has 0 bridgehead atoms. The number of ketones is 1. The lowest BCUT2D eigenvalue weighted by Gasteiger charge is -2.36. The standard InChI is InChI=1S/C25H29FN2O4/c1-4-24(31-21-8-5-17(13-16(2)29)14-23(21)30-3)28-11-9-18(10-12-28)25-20-7-6-19(26)15-22(20)32-27-25/h5-8,14-15,18,24H,4,9-13H2,1-3H3. The van der Waals surface area contributed by atoms with E-state index in [2.05, 4.69) is 17.0 Å². The summed E-state index contributed by atoms with van der Waals surface area (Å²) in [7, 11) is 1.61. The first kappa shape index (κ1) is 22.3. The first-order valence-corrected chi connectivity index (χ1v) is 11.1. The van der Waals surface area contributed by atoms with E-state index in [1.165, 1.54) is 12.1 Å². The van der Waals surface area contributed by atoms with Crippen molar-refractivity contribution in [2.45, 2.75) is 51.7 Å². The average Bonchev–Trinajstić information content (AvgIpc) is 3.20. The summed E-state index contributed by atoms with van der Waals surface area (Å²) < 4.78 is 30.6. The molecule has 4 rings (SSSR count). The summed E-state index contributed by atoms with van der Waals surface area (Å²) in [6, 6.07) is 10.3. The summed E-state index contributed by atoms with van der Waals surface area (Å²) in [5.41, 5.74) is 2.32. The molecular formula is C25H29FN2O4. The SMILES string of the molecule is CCC(Oc1ccc(CC(C)=O)cc1OC)N1CCC(c2noc3cc(F)ccc23)CC1. The van der Waals surface area contributed by atoms with Crippen molar-refractivity contribution in [2.75, 3.05) is 20.2 Å². The summed E-state index contributed by atoms with van der Waals surface area (Å²) in [6.45, 7) is 5.41. The van der Waals surface area contributed by atoms with Crippen molar-refractivity contribution in [1.82, 2.24) is 10.1 Å². The number of methoxy groups -OCH3 is 1. The lowest BCUT2D eigenvalue weighted by atomic mass is 9.91. The van der Waals surface area contributed by atoms with Crippen molar-refractivity contribution in [3.05, 3.63) is 53.5 Å². The van der Waals surface area contributed by atoms with Gasteiger partial charge in [-0.1, -0.05) is 18.1 Å². The summed E-state index contributed by atoms with van der Waals surface area (Å²) in [4.78, 5) is 13.8. The van der Waals surface area contributed by atoms with E-state index < -0.39 is 0 Å². The Morgan fingerprint density at radius 3 is 2.69 bits per heavy atom. The molecule has 0 amide bonds. The number of carbonyl (C=O) groups is 1. The Morgan fingerprint density at radius 2 is 2.00 bits per heavy atom. The average molecular weight is 441 g/mol. The third kappa shape index (κ3) is 4.78. The Balaban J connectivity index is 1.42. The first-order chi connectivity index (χ1) is 15.5. The van der Waals surface area contributed by atoms with Crippen LogP contribution in [0.15, 0.2) is 40.9 Å². The number of piperidine rings is 1. The molecule has 0 aliphatic carbocycles. The smallest absolute Gasteiger partial charge is 0.170 e. The minimum atomic E-state index is -0.317. The van der Waals surface area contributed by atoms with Crippen LogP contribution in [0.3, 0.4) is 0 Å². The molecule has 1 aliphatic heterocycles. The Hall–Kier alpha value is -2.93. The van der Waals surface area contributed by atoms with E-state index in [0.29, 0.717) is 23.5 Å². The summed E-state index contributed by atoms with van der Waals surface area (Å²) in [5, 5.41) is 5.13. The van der Waals surface area contributed by atoms with Crippen molar-refractivity contribution in [1.29, 1.82) is 0 Å². The van der Waals surface area contributed by atoms with Crippen LogP contribution in [-0.2, 0) is 11.2 Å². The van der Waals surface area contributed by atoms with Gasteiger partial charge >= 0.3 is 0 Å². The van der Waals surface area contributed by atoms with E-state index in [1.807, 2.05) is 18.2 Å². The zero-order valence-electron chi connectivity index (χ0n) is 18.8. The molecule has 1 aromatic heterocycles. The van der Waals surface area contributed by atoms with Crippen LogP contribution in [-0.4, -0.2) is 42.3 Å². The van der Waals surface area contributed by atoms with Gasteiger partial charge in [0, 0.05) is 36.9 Å². The molecule has 1 atom stereocenters. The predicted octanol–water partition coefficient (Wildman–Crippen LogP) is 5.10. The molecule has 1 aliphatic rings. The third-order valence-electron chi connectivity index (χ3n) is 6.08. The van der Waals surface area contributed by atoms with Gasteiger partial charge in [-0.05, 0) is 56.0 Å². The maximum absolute atomic E-state index is 13.4. The number of ether oxygens (including phenoxy) is 2. The predicted molar refractivity (Wildman–Crippen MR) is 120 cm³/mol. The topological polar surface area (TPSA) is 64.8 Å². The van der Waals surface area contributed by atoms with Gasteiger partial charge in [0.25, 0.3) is 0 Å². The number of benzene rings is 2. The molecule has 0 spiro atoms. The molecule has 32 heavy (non-hydrogen) atoms. The number of rotatable bonds is 8. The Morgan fingerprint density at radius 1 is 1.22 bits per heavy atom. The van der Waals surface area contributed by atoms with E-state index in [1.54, 1.807) is 20.1 Å². The monoisotopic (exact) mass is 440 g/mol. The molecule has 6 nitrogen and oxygen atoms in total. The second kappa shape index (κ2) is 9.69. The fraction of sp³-hybridized carbons (Fsp3) is 0.440. The van der Waals surface area contributed by atoms with Crippen molar-refractivity contribution in [3.8, 4) is 11.5 Å². The van der Waals surface area contributed by atoms with Crippen LogP contribution in [0.2, 0.25) is 0 Å². The molecule has 1 saturated heterocycles. The number of aromatic nitrogens is 1. The minimum Gasteiger partial charge on any atom is -0.493 e. The first-order valence-electron chi connectivity index (χ1n) is 11.1. The Kier molecular flexibility index (Phi) is 6.74. The Bertz CT molecular complexity index is 1090. The molecule has 2 heterocycles. The van der Waals surface area contributed by atoms with E-state index in [4.69, 9.17) is 14.0 Å². The zero-order chi connectivity index (χ0) is 22.7. The summed E-state index contributed by atoms with van der Waals surface area (Å²) in [6.07, 6.45) is 2.98. The van der Waals surface area contributed by atoms with Gasteiger partial charge in [-0.3, -0.25) is 9.69 Å². The molecule has 0 radical (unpaired) electrons. The van der Waals surface area contributed by atoms with Crippen LogP contribution >= 0.6 is 0 Å². The van der Waals surface area contributed by atoms with E-state index in [-0.39, 0.29) is 23.7 Å². The van der Waals surface area contributed by atoms with Crippen LogP contribution in [0, 0.1) is 5.82 Å². The molecule has 3 aromatic rings. The van der Waals surface area contributed by atoms with Gasteiger partial charge in [-0.25, -0.2) is 4.39 Å². The van der Waals surface area contributed by atoms with Gasteiger partial charge < -0.3 is 14.0 Å². The zero-order valence-corrected chi connectivity index (χ0v) is 18.8. The number of carbonyl (C=O) groups excluding carboxylic acids is 1. The number of hydrogen-bond donors (Lipinski definition) is 0. The van der Waals surface area contributed by atoms with E-state index >= 15 is 0 Å². The van der Waals surface area contributed by atoms with Gasteiger partial charge in [-0.2, -0.15) is 0 Å². The van der Waals surface area contributed by atoms with E-state index in [9.17, 15) is 9.18 Å². The maximum atomic E-state index is 13.4. The summed E-state index contributed by atoms with van der Waals surface area (Å²) >= 11 is 0. The highest BCUT2D eigenvalue weighted by Crippen LogP contribution is 2.35. The molecule has 1 fully saturated rings. The van der Waals surface area contributed by atoms with Crippen LogP contribution in [0.5, 0.6) is 11.5 Å². The third-order valence-corrected chi connectivity index (χ3v) is 6.08. The van der Waals surface area contributed by atoms with Gasteiger partial charge in [0.1, 0.15) is 11.6 Å². The summed E-state index contributed by atoms with van der Waals surface area (Å²) in [5.74, 6) is 1.38. The fourth-order valence-electron chi connectivity index (χ4n) is 4.46. The maximum Gasteiger partial charge on any atom is 0.170 e. The van der Waals surface area contributed by atoms with Crippen LogP contribution in [0.1, 0.15) is 50.3 Å². The lowest BCUT2D eigenvalue weighted by Crippen LogP contribution is -2.43. The lowest BCUT2D eigenvalue weighted by molar-refractivity contribution is -0.116. The molecule has 1 unspecified atom stereocenters. The molecule has 170 valence electrons. The van der Waals surface area contributed by atoms with Crippen LogP contribution in [0.25, 0.3) is 11.0 Å².